The number of halogens is 1. The van der Waals surface area contributed by atoms with E-state index in [0.717, 1.165) is 16.3 Å². The predicted molar refractivity (Wildman–Crippen MR) is 131 cm³/mol. The molecule has 1 fully saturated rings. The van der Waals surface area contributed by atoms with E-state index in [9.17, 15) is 14.4 Å². The molecular weight excluding hydrogens is 474 g/mol. The molecule has 4 amide bonds. The monoisotopic (exact) mass is 495 g/mol. The molecule has 4 rings (SSSR count). The molecule has 1 atom stereocenters. The molecule has 1 aromatic heterocycles. The van der Waals surface area contributed by atoms with Crippen LogP contribution in [0, 0.1) is 0 Å². The van der Waals surface area contributed by atoms with Crippen LogP contribution in [0.2, 0.25) is 5.02 Å². The second-order valence-electron chi connectivity index (χ2n) is 7.72. The number of hydrazine groups is 1. The Balaban J connectivity index is 1.44. The van der Waals surface area contributed by atoms with Crippen LogP contribution in [0.4, 0.5) is 4.79 Å². The number of imidazole rings is 1. The molecule has 0 radical (unpaired) electrons. The molecule has 8 nitrogen and oxygen atoms in total. The number of aromatic nitrogens is 2. The maximum absolute atomic E-state index is 13.0. The Hall–Kier alpha value is -3.56. The van der Waals surface area contributed by atoms with Crippen molar-refractivity contribution in [3.05, 3.63) is 84.0 Å². The van der Waals surface area contributed by atoms with Crippen LogP contribution in [0.25, 0.3) is 11.3 Å². The van der Waals surface area contributed by atoms with E-state index in [1.807, 2.05) is 22.8 Å². The van der Waals surface area contributed by atoms with Crippen molar-refractivity contribution < 1.29 is 14.4 Å². The Morgan fingerprint density at radius 3 is 2.59 bits per heavy atom. The van der Waals surface area contributed by atoms with Crippen molar-refractivity contribution in [1.29, 1.82) is 0 Å². The second-order valence-corrected chi connectivity index (χ2v) is 9.10. The number of carbonyl (C=O) groups is 3. The van der Waals surface area contributed by atoms with Crippen LogP contribution in [0.1, 0.15) is 12.5 Å². The van der Waals surface area contributed by atoms with E-state index < -0.39 is 23.4 Å². The molecule has 2 aromatic carbocycles. The first-order valence-electron chi connectivity index (χ1n) is 10.4. The first-order valence-corrected chi connectivity index (χ1v) is 11.8. The lowest BCUT2D eigenvalue weighted by molar-refractivity contribution is -0.138. The lowest BCUT2D eigenvalue weighted by Gasteiger charge is -2.22. The van der Waals surface area contributed by atoms with Gasteiger partial charge in [-0.25, -0.2) is 9.78 Å². The van der Waals surface area contributed by atoms with Gasteiger partial charge in [-0.05, 0) is 30.2 Å². The van der Waals surface area contributed by atoms with Crippen LogP contribution in [0.3, 0.4) is 0 Å². The van der Waals surface area contributed by atoms with Crippen molar-refractivity contribution in [3.8, 4) is 11.3 Å². The lowest BCUT2D eigenvalue weighted by Crippen LogP contribution is -2.48. The molecular formula is C24H22ClN5O3S. The standard InChI is InChI=1S/C24H22ClN5O3S/c1-3-13-29-19(16-9-11-18(25)12-10-16)14-26-23(29)34-15-20(31)28-30-21(32)24(2,27-22(30)33)17-7-5-4-6-8-17/h3-12,14H,1,13,15H2,2H3,(H,27,33)(H,28,31). The van der Waals surface area contributed by atoms with E-state index in [1.54, 1.807) is 55.6 Å². The van der Waals surface area contributed by atoms with Gasteiger partial charge in [0.1, 0.15) is 5.54 Å². The van der Waals surface area contributed by atoms with E-state index >= 15 is 0 Å². The summed E-state index contributed by atoms with van der Waals surface area (Å²) < 4.78 is 1.92. The second kappa shape index (κ2) is 9.74. The minimum Gasteiger partial charge on any atom is -0.318 e. The molecule has 10 heteroatoms. The van der Waals surface area contributed by atoms with E-state index in [0.29, 0.717) is 22.3 Å². The molecule has 0 bridgehead atoms. The summed E-state index contributed by atoms with van der Waals surface area (Å²) in [5.41, 5.74) is 3.56. The molecule has 174 valence electrons. The van der Waals surface area contributed by atoms with Crippen LogP contribution in [0.15, 0.2) is 78.6 Å². The number of amides is 4. The fourth-order valence-electron chi connectivity index (χ4n) is 3.63. The maximum Gasteiger partial charge on any atom is 0.344 e. The van der Waals surface area contributed by atoms with Crippen molar-refractivity contribution in [3.63, 3.8) is 0 Å². The Morgan fingerprint density at radius 2 is 1.91 bits per heavy atom. The van der Waals surface area contributed by atoms with Crippen molar-refractivity contribution in [2.75, 3.05) is 5.75 Å². The van der Waals surface area contributed by atoms with Gasteiger partial charge < -0.3 is 9.88 Å². The first-order chi connectivity index (χ1) is 16.3. The van der Waals surface area contributed by atoms with Gasteiger partial charge in [0.15, 0.2) is 5.16 Å². The molecule has 1 aliphatic rings. The van der Waals surface area contributed by atoms with E-state index in [2.05, 4.69) is 22.3 Å². The fraction of sp³-hybridized carbons (Fsp3) is 0.167. The number of hydrogen-bond acceptors (Lipinski definition) is 5. The molecule has 34 heavy (non-hydrogen) atoms. The van der Waals surface area contributed by atoms with Crippen LogP contribution >= 0.6 is 23.4 Å². The van der Waals surface area contributed by atoms with E-state index in [-0.39, 0.29) is 5.75 Å². The third-order valence-corrected chi connectivity index (χ3v) is 6.62. The number of urea groups is 1. The van der Waals surface area contributed by atoms with Gasteiger partial charge >= 0.3 is 6.03 Å². The third-order valence-electron chi connectivity index (χ3n) is 5.38. The minimum atomic E-state index is -1.26. The highest BCUT2D eigenvalue weighted by Gasteiger charge is 2.49. The summed E-state index contributed by atoms with van der Waals surface area (Å²) in [5.74, 6) is -1.11. The Bertz CT molecular complexity index is 1250. The van der Waals surface area contributed by atoms with Gasteiger partial charge in [0.2, 0.25) is 5.91 Å². The quantitative estimate of drug-likeness (QED) is 0.280. The summed E-state index contributed by atoms with van der Waals surface area (Å²) >= 11 is 7.18. The largest absolute Gasteiger partial charge is 0.344 e. The topological polar surface area (TPSA) is 96.3 Å². The molecule has 0 saturated carbocycles. The van der Waals surface area contributed by atoms with Gasteiger partial charge in [0, 0.05) is 11.6 Å². The van der Waals surface area contributed by atoms with Gasteiger partial charge in [0.05, 0.1) is 17.6 Å². The molecule has 0 spiro atoms. The molecule has 3 aromatic rings. The molecule has 0 aliphatic carbocycles. The number of nitrogens with zero attached hydrogens (tertiary/aromatic N) is 3. The van der Waals surface area contributed by atoms with Crippen molar-refractivity contribution >= 4 is 41.2 Å². The highest BCUT2D eigenvalue weighted by Crippen LogP contribution is 2.29. The average Bonchev–Trinajstić information content (AvgIpc) is 3.33. The van der Waals surface area contributed by atoms with E-state index in [1.165, 1.54) is 11.8 Å². The highest BCUT2D eigenvalue weighted by atomic mass is 35.5. The Labute approximate surface area is 206 Å². The van der Waals surface area contributed by atoms with Crippen LogP contribution in [0.5, 0.6) is 0 Å². The van der Waals surface area contributed by atoms with Crippen molar-refractivity contribution in [1.82, 2.24) is 25.3 Å². The number of carbonyl (C=O) groups excluding carboxylic acids is 3. The third kappa shape index (κ3) is 4.57. The van der Waals surface area contributed by atoms with Crippen LogP contribution in [-0.2, 0) is 21.7 Å². The zero-order chi connectivity index (χ0) is 24.3. The average molecular weight is 496 g/mol. The first kappa shape index (κ1) is 23.6. The zero-order valence-electron chi connectivity index (χ0n) is 18.3. The number of allylic oxidation sites excluding steroid dienone is 1. The number of benzene rings is 2. The predicted octanol–water partition coefficient (Wildman–Crippen LogP) is 3.98. The van der Waals surface area contributed by atoms with E-state index in [4.69, 9.17) is 11.6 Å². The van der Waals surface area contributed by atoms with Crippen LogP contribution in [-0.4, -0.2) is 38.2 Å². The summed E-state index contributed by atoms with van der Waals surface area (Å²) in [5, 5.41) is 4.62. The summed E-state index contributed by atoms with van der Waals surface area (Å²) in [6, 6.07) is 15.6. The zero-order valence-corrected chi connectivity index (χ0v) is 19.9. The molecule has 1 saturated heterocycles. The smallest absolute Gasteiger partial charge is 0.318 e. The normalized spacial score (nSPS) is 17.5. The number of rotatable bonds is 8. The number of nitrogens with one attached hydrogen (secondary N) is 2. The van der Waals surface area contributed by atoms with Crippen molar-refractivity contribution in [2.45, 2.75) is 24.2 Å². The molecule has 2 heterocycles. The van der Waals surface area contributed by atoms with Gasteiger partial charge in [-0.3, -0.25) is 15.0 Å². The summed E-state index contributed by atoms with van der Waals surface area (Å²) in [4.78, 5) is 42.4. The van der Waals surface area contributed by atoms with Gasteiger partial charge in [-0.2, -0.15) is 5.01 Å². The van der Waals surface area contributed by atoms with Gasteiger partial charge in [-0.15, -0.1) is 6.58 Å². The SMILES string of the molecule is C=CCn1c(-c2ccc(Cl)cc2)cnc1SCC(=O)NN1C(=O)NC(C)(c2ccccc2)C1=O. The van der Waals surface area contributed by atoms with Gasteiger partial charge in [0.25, 0.3) is 5.91 Å². The summed E-state index contributed by atoms with van der Waals surface area (Å²) in [6.45, 7) is 5.89. The van der Waals surface area contributed by atoms with Crippen molar-refractivity contribution in [2.24, 2.45) is 0 Å². The highest BCUT2D eigenvalue weighted by molar-refractivity contribution is 7.99. The van der Waals surface area contributed by atoms with Crippen LogP contribution < -0.4 is 10.7 Å². The number of hydrogen-bond donors (Lipinski definition) is 2. The maximum atomic E-state index is 13.0. The van der Waals surface area contributed by atoms with Gasteiger partial charge in [-0.1, -0.05) is 71.9 Å². The summed E-state index contributed by atoms with van der Waals surface area (Å²) in [6.07, 6.45) is 3.46. The Morgan fingerprint density at radius 1 is 1.21 bits per heavy atom. The number of thioether (sulfide) groups is 1. The number of imide groups is 1. The molecule has 1 unspecified atom stereocenters. The summed E-state index contributed by atoms with van der Waals surface area (Å²) in [7, 11) is 0. The molecule has 1 aliphatic heterocycles. The lowest BCUT2D eigenvalue weighted by atomic mass is 9.92. The fourth-order valence-corrected chi connectivity index (χ4v) is 4.53. The Kier molecular flexibility index (Phi) is 6.76. The molecule has 2 N–H and O–H groups in total. The minimum absolute atomic E-state index is 0.0483.